The number of benzene rings is 3. The number of carboxylic acids is 1. The Morgan fingerprint density at radius 3 is 2.24 bits per heavy atom. The monoisotopic (exact) mass is 388 g/mol. The summed E-state index contributed by atoms with van der Waals surface area (Å²) in [5.41, 5.74) is 10.2. The zero-order chi connectivity index (χ0) is 20.8. The quantitative estimate of drug-likeness (QED) is 0.648. The predicted molar refractivity (Wildman–Crippen MR) is 113 cm³/mol. The molecule has 1 amide bonds. The largest absolute Gasteiger partial charge is 0.480 e. The Hall–Kier alpha value is -3.44. The van der Waals surface area contributed by atoms with Crippen LogP contribution in [0.2, 0.25) is 0 Å². The number of hydrogen-bond acceptors (Lipinski definition) is 3. The molecule has 29 heavy (non-hydrogen) atoms. The highest BCUT2D eigenvalue weighted by Crippen LogP contribution is 2.22. The molecule has 3 aromatic rings. The topological polar surface area (TPSA) is 83.6 Å². The van der Waals surface area contributed by atoms with Crippen molar-refractivity contribution in [1.82, 2.24) is 4.90 Å². The molecular weight excluding hydrogens is 364 g/mol. The first-order chi connectivity index (χ1) is 13.9. The Kier molecular flexibility index (Phi) is 6.42. The van der Waals surface area contributed by atoms with E-state index in [9.17, 15) is 9.59 Å². The summed E-state index contributed by atoms with van der Waals surface area (Å²) < 4.78 is 0. The molecule has 0 fully saturated rings. The van der Waals surface area contributed by atoms with E-state index in [-0.39, 0.29) is 5.91 Å². The molecular formula is C24H24N2O3. The van der Waals surface area contributed by atoms with Gasteiger partial charge in [0.1, 0.15) is 6.04 Å². The standard InChI is InChI=1S/C24H24N2O3/c1-26(23(27)20-7-3-2-4-8-20)16-18-6-5-9-21(14-18)19-12-10-17(11-13-19)15-22(25)24(28)29/h2-14,22H,15-16,25H2,1H3,(H,28,29)/t22-/m1/s1. The van der Waals surface area contributed by atoms with Crippen molar-refractivity contribution in [1.29, 1.82) is 0 Å². The fraction of sp³-hybridized carbons (Fsp3) is 0.167. The zero-order valence-corrected chi connectivity index (χ0v) is 16.3. The number of carbonyl (C=O) groups excluding carboxylic acids is 1. The molecule has 5 heteroatoms. The van der Waals surface area contributed by atoms with E-state index in [0.29, 0.717) is 18.5 Å². The van der Waals surface area contributed by atoms with E-state index in [1.165, 1.54) is 0 Å². The summed E-state index contributed by atoms with van der Waals surface area (Å²) >= 11 is 0. The van der Waals surface area contributed by atoms with Crippen molar-refractivity contribution < 1.29 is 14.7 Å². The number of carbonyl (C=O) groups is 2. The summed E-state index contributed by atoms with van der Waals surface area (Å²) in [6, 6.07) is 24.1. The SMILES string of the molecule is CN(Cc1cccc(-c2ccc(C[C@@H](N)C(=O)O)cc2)c1)C(=O)c1ccccc1. The normalized spacial score (nSPS) is 11.7. The molecule has 3 rings (SSSR count). The summed E-state index contributed by atoms with van der Waals surface area (Å²) in [7, 11) is 1.79. The molecule has 0 aromatic heterocycles. The first-order valence-corrected chi connectivity index (χ1v) is 9.41. The van der Waals surface area contributed by atoms with Crippen LogP contribution in [-0.4, -0.2) is 35.0 Å². The Bertz CT molecular complexity index is 985. The van der Waals surface area contributed by atoms with Crippen LogP contribution in [0.1, 0.15) is 21.5 Å². The second kappa shape index (κ2) is 9.17. The van der Waals surface area contributed by atoms with Crippen LogP contribution in [0.4, 0.5) is 0 Å². The average molecular weight is 388 g/mol. The molecule has 0 unspecified atom stereocenters. The maximum Gasteiger partial charge on any atom is 0.320 e. The minimum atomic E-state index is -1.00. The van der Waals surface area contributed by atoms with Gasteiger partial charge in [-0.05, 0) is 46.9 Å². The van der Waals surface area contributed by atoms with E-state index in [1.807, 2.05) is 72.8 Å². The summed E-state index contributed by atoms with van der Waals surface area (Å²) in [6.45, 7) is 0.507. The van der Waals surface area contributed by atoms with Crippen LogP contribution in [0, 0.1) is 0 Å². The van der Waals surface area contributed by atoms with Crippen molar-refractivity contribution in [3.8, 4) is 11.1 Å². The number of nitrogens with zero attached hydrogens (tertiary/aromatic N) is 1. The van der Waals surface area contributed by atoms with Gasteiger partial charge in [0, 0.05) is 19.2 Å². The van der Waals surface area contributed by atoms with Crippen molar-refractivity contribution in [2.24, 2.45) is 5.73 Å². The fourth-order valence-electron chi connectivity index (χ4n) is 3.17. The third-order valence-corrected chi connectivity index (χ3v) is 4.77. The lowest BCUT2D eigenvalue weighted by atomic mass is 9.99. The van der Waals surface area contributed by atoms with E-state index in [0.717, 1.165) is 22.3 Å². The fourth-order valence-corrected chi connectivity index (χ4v) is 3.17. The maximum atomic E-state index is 12.6. The molecule has 0 bridgehead atoms. The number of carboxylic acid groups (broad SMARTS) is 1. The molecule has 1 atom stereocenters. The molecule has 3 aromatic carbocycles. The molecule has 0 aliphatic rings. The van der Waals surface area contributed by atoms with Gasteiger partial charge in [0.15, 0.2) is 0 Å². The van der Waals surface area contributed by atoms with Crippen LogP contribution >= 0.6 is 0 Å². The molecule has 0 aliphatic heterocycles. The lowest BCUT2D eigenvalue weighted by Gasteiger charge is -2.18. The van der Waals surface area contributed by atoms with Crippen LogP contribution < -0.4 is 5.73 Å². The van der Waals surface area contributed by atoms with Crippen molar-refractivity contribution in [3.63, 3.8) is 0 Å². The van der Waals surface area contributed by atoms with E-state index in [2.05, 4.69) is 6.07 Å². The van der Waals surface area contributed by atoms with Crippen LogP contribution in [-0.2, 0) is 17.8 Å². The molecule has 148 valence electrons. The minimum absolute atomic E-state index is 0.0184. The van der Waals surface area contributed by atoms with E-state index in [1.54, 1.807) is 11.9 Å². The molecule has 0 spiro atoms. The van der Waals surface area contributed by atoms with E-state index in [4.69, 9.17) is 10.8 Å². The summed E-state index contributed by atoms with van der Waals surface area (Å²) in [5, 5.41) is 8.94. The predicted octanol–water partition coefficient (Wildman–Crippen LogP) is 3.58. The number of nitrogens with two attached hydrogens (primary N) is 1. The van der Waals surface area contributed by atoms with Crippen LogP contribution in [0.5, 0.6) is 0 Å². The Balaban J connectivity index is 1.71. The Morgan fingerprint density at radius 2 is 1.59 bits per heavy atom. The summed E-state index contributed by atoms with van der Waals surface area (Å²) in [6.07, 6.45) is 0.294. The highest BCUT2D eigenvalue weighted by molar-refractivity contribution is 5.94. The smallest absolute Gasteiger partial charge is 0.320 e. The van der Waals surface area contributed by atoms with Crippen LogP contribution in [0.25, 0.3) is 11.1 Å². The zero-order valence-electron chi connectivity index (χ0n) is 16.3. The molecule has 0 heterocycles. The summed E-state index contributed by atoms with van der Waals surface area (Å²) in [4.78, 5) is 25.2. The van der Waals surface area contributed by atoms with Gasteiger partial charge in [0.05, 0.1) is 0 Å². The van der Waals surface area contributed by atoms with Gasteiger partial charge in [-0.1, -0.05) is 60.7 Å². The first kappa shape index (κ1) is 20.3. The lowest BCUT2D eigenvalue weighted by Crippen LogP contribution is -2.32. The highest BCUT2D eigenvalue weighted by Gasteiger charge is 2.13. The second-order valence-corrected chi connectivity index (χ2v) is 7.07. The van der Waals surface area contributed by atoms with E-state index >= 15 is 0 Å². The summed E-state index contributed by atoms with van der Waals surface area (Å²) in [5.74, 6) is -1.02. The second-order valence-electron chi connectivity index (χ2n) is 7.07. The molecule has 5 nitrogen and oxygen atoms in total. The van der Waals surface area contributed by atoms with Crippen molar-refractivity contribution in [3.05, 3.63) is 95.6 Å². The number of rotatable bonds is 7. The maximum absolute atomic E-state index is 12.6. The first-order valence-electron chi connectivity index (χ1n) is 9.41. The molecule has 3 N–H and O–H groups in total. The molecule has 0 radical (unpaired) electrons. The molecule has 0 saturated heterocycles. The van der Waals surface area contributed by atoms with E-state index < -0.39 is 12.0 Å². The number of amides is 1. The number of aliphatic carboxylic acids is 1. The average Bonchev–Trinajstić information content (AvgIpc) is 2.74. The third kappa shape index (κ3) is 5.30. The Labute approximate surface area is 170 Å². The van der Waals surface area contributed by atoms with Gasteiger partial charge in [-0.2, -0.15) is 0 Å². The van der Waals surface area contributed by atoms with Gasteiger partial charge in [0.2, 0.25) is 0 Å². The number of hydrogen-bond donors (Lipinski definition) is 2. The Morgan fingerprint density at radius 1 is 0.897 bits per heavy atom. The van der Waals surface area contributed by atoms with Crippen molar-refractivity contribution in [2.45, 2.75) is 19.0 Å². The molecule has 0 saturated carbocycles. The lowest BCUT2D eigenvalue weighted by molar-refractivity contribution is -0.138. The molecule has 0 aliphatic carbocycles. The van der Waals surface area contributed by atoms with Gasteiger partial charge in [-0.25, -0.2) is 0 Å². The van der Waals surface area contributed by atoms with Gasteiger partial charge in [-0.15, -0.1) is 0 Å². The van der Waals surface area contributed by atoms with Crippen molar-refractivity contribution in [2.75, 3.05) is 7.05 Å². The van der Waals surface area contributed by atoms with Gasteiger partial charge < -0.3 is 15.7 Å². The van der Waals surface area contributed by atoms with Crippen LogP contribution in [0.15, 0.2) is 78.9 Å². The minimum Gasteiger partial charge on any atom is -0.480 e. The van der Waals surface area contributed by atoms with Gasteiger partial charge in [-0.3, -0.25) is 9.59 Å². The third-order valence-electron chi connectivity index (χ3n) is 4.77. The highest BCUT2D eigenvalue weighted by atomic mass is 16.4. The van der Waals surface area contributed by atoms with Crippen molar-refractivity contribution >= 4 is 11.9 Å². The van der Waals surface area contributed by atoms with Gasteiger partial charge >= 0.3 is 5.97 Å². The van der Waals surface area contributed by atoms with Gasteiger partial charge in [0.25, 0.3) is 5.91 Å². The van der Waals surface area contributed by atoms with Crippen LogP contribution in [0.3, 0.4) is 0 Å².